The van der Waals surface area contributed by atoms with Gasteiger partial charge in [-0.3, -0.25) is 4.79 Å². The summed E-state index contributed by atoms with van der Waals surface area (Å²) in [6, 6.07) is 6.68. The number of hydrogen-bond acceptors (Lipinski definition) is 6. The van der Waals surface area contributed by atoms with Gasteiger partial charge in [0.1, 0.15) is 19.1 Å². The summed E-state index contributed by atoms with van der Waals surface area (Å²) in [6.45, 7) is 2.31. The first-order valence-corrected chi connectivity index (χ1v) is 9.92. The van der Waals surface area contributed by atoms with Gasteiger partial charge in [0, 0.05) is 24.9 Å². The Morgan fingerprint density at radius 3 is 2.93 bits per heavy atom. The number of rotatable bonds is 13. The van der Waals surface area contributed by atoms with Crippen LogP contribution in [0.4, 0.5) is 0 Å². The Bertz CT molecular complexity index is 771. The molecule has 0 radical (unpaired) electrons. The topological polar surface area (TPSA) is 120 Å². The highest BCUT2D eigenvalue weighted by molar-refractivity contribution is 7.89. The molecule has 1 atom stereocenters. The average molecular weight is 395 g/mol. The predicted molar refractivity (Wildman–Crippen MR) is 103 cm³/mol. The van der Waals surface area contributed by atoms with Crippen LogP contribution in [0.3, 0.4) is 0 Å². The molecule has 9 heteroatoms. The first kappa shape index (κ1) is 22.5. The van der Waals surface area contributed by atoms with Gasteiger partial charge in [-0.05, 0) is 31.0 Å². The monoisotopic (exact) mass is 395 g/mol. The Morgan fingerprint density at radius 1 is 1.44 bits per heavy atom. The van der Waals surface area contributed by atoms with Crippen LogP contribution in [0.15, 0.2) is 36.5 Å². The Labute approximate surface area is 160 Å². The Kier molecular flexibility index (Phi) is 9.96. The minimum absolute atomic E-state index is 0.0677. The highest BCUT2D eigenvalue weighted by atomic mass is 32.2. The van der Waals surface area contributed by atoms with Gasteiger partial charge in [0.2, 0.25) is 15.9 Å². The van der Waals surface area contributed by atoms with E-state index in [0.717, 1.165) is 11.6 Å². The van der Waals surface area contributed by atoms with Gasteiger partial charge in [0.05, 0.1) is 5.75 Å². The Balaban J connectivity index is 2.37. The number of primary amides is 1. The van der Waals surface area contributed by atoms with Crippen LogP contribution in [-0.4, -0.2) is 40.0 Å². The summed E-state index contributed by atoms with van der Waals surface area (Å²) in [7, 11) is -3.47. The van der Waals surface area contributed by atoms with Crippen molar-refractivity contribution in [3.63, 3.8) is 0 Å². The van der Waals surface area contributed by atoms with Gasteiger partial charge < -0.3 is 20.5 Å². The summed E-state index contributed by atoms with van der Waals surface area (Å²) in [6.07, 6.45) is 8.01. The Hall–Kier alpha value is -2.54. The van der Waals surface area contributed by atoms with Gasteiger partial charge in [-0.2, -0.15) is 0 Å². The fourth-order valence-corrected chi connectivity index (χ4v) is 3.36. The molecule has 27 heavy (non-hydrogen) atoms. The van der Waals surface area contributed by atoms with Crippen molar-refractivity contribution >= 4 is 15.9 Å². The zero-order valence-electron chi connectivity index (χ0n) is 15.2. The highest BCUT2D eigenvalue weighted by Crippen LogP contribution is 2.19. The number of carbonyl (C=O) groups excluding carboxylic acids is 1. The maximum absolute atomic E-state index is 12.2. The van der Waals surface area contributed by atoms with Crippen LogP contribution in [0, 0.1) is 12.3 Å². The molecule has 1 aromatic carbocycles. The average Bonchev–Trinajstić information content (AvgIpc) is 2.61. The molecule has 0 unspecified atom stereocenters. The fourth-order valence-electron chi connectivity index (χ4n) is 2.07. The third-order valence-electron chi connectivity index (χ3n) is 3.29. The maximum Gasteiger partial charge on any atom is 0.242 e. The van der Waals surface area contributed by atoms with E-state index in [9.17, 15) is 13.2 Å². The quantitative estimate of drug-likeness (QED) is 0.195. The molecular formula is C18H25N3O5S. The summed E-state index contributed by atoms with van der Waals surface area (Å²) in [5.74, 6) is 2.33. The second-order valence-corrected chi connectivity index (χ2v) is 7.44. The summed E-state index contributed by atoms with van der Waals surface area (Å²) in [5.41, 5.74) is 5.69. The maximum atomic E-state index is 12.2. The van der Waals surface area contributed by atoms with Gasteiger partial charge in [0.25, 0.3) is 0 Å². The molecule has 0 aliphatic rings. The number of sulfonamides is 1. The SMILES string of the molecule is C#CCOc1cccc([C@@H](C)NS(=O)(=O)CCCOCN/C=C\C(N)=O)c1. The van der Waals surface area contributed by atoms with Crippen LogP contribution < -0.4 is 20.5 Å². The summed E-state index contributed by atoms with van der Waals surface area (Å²) < 4.78 is 37.5. The van der Waals surface area contributed by atoms with Crippen molar-refractivity contribution in [2.75, 3.05) is 25.7 Å². The second-order valence-electron chi connectivity index (χ2n) is 5.57. The van der Waals surface area contributed by atoms with Crippen molar-refractivity contribution in [2.24, 2.45) is 5.73 Å². The smallest absolute Gasteiger partial charge is 0.242 e. The standard InChI is InChI=1S/C18H25N3O5S/c1-3-10-26-17-7-4-6-16(13-17)15(2)21-27(23,24)12-5-11-25-14-20-9-8-18(19)22/h1,4,6-9,13,15,20-21H,5,10-12,14H2,2H3,(H2,19,22)/b9-8-/t15-/m1/s1. The lowest BCUT2D eigenvalue weighted by atomic mass is 10.1. The van der Waals surface area contributed by atoms with Crippen molar-refractivity contribution in [2.45, 2.75) is 19.4 Å². The molecule has 148 valence electrons. The summed E-state index contributed by atoms with van der Waals surface area (Å²) in [4.78, 5) is 10.5. The minimum Gasteiger partial charge on any atom is -0.481 e. The van der Waals surface area contributed by atoms with Crippen molar-refractivity contribution in [3.8, 4) is 18.1 Å². The molecule has 0 aromatic heterocycles. The molecule has 0 fully saturated rings. The third kappa shape index (κ3) is 10.3. The van der Waals surface area contributed by atoms with E-state index >= 15 is 0 Å². The van der Waals surface area contributed by atoms with Gasteiger partial charge in [-0.25, -0.2) is 13.1 Å². The first-order chi connectivity index (χ1) is 12.8. The van der Waals surface area contributed by atoms with Crippen LogP contribution in [0.1, 0.15) is 24.9 Å². The highest BCUT2D eigenvalue weighted by Gasteiger charge is 2.16. The lowest BCUT2D eigenvalue weighted by molar-refractivity contribution is -0.113. The molecule has 0 heterocycles. The number of benzene rings is 1. The second kappa shape index (κ2) is 12.0. The lowest BCUT2D eigenvalue weighted by Crippen LogP contribution is -2.29. The molecular weight excluding hydrogens is 370 g/mol. The number of ether oxygens (including phenoxy) is 2. The van der Waals surface area contributed by atoms with E-state index in [1.54, 1.807) is 25.1 Å². The van der Waals surface area contributed by atoms with Gasteiger partial charge in [0.15, 0.2) is 0 Å². The largest absolute Gasteiger partial charge is 0.481 e. The molecule has 0 bridgehead atoms. The number of amides is 1. The van der Waals surface area contributed by atoms with E-state index in [2.05, 4.69) is 16.0 Å². The van der Waals surface area contributed by atoms with Crippen molar-refractivity contribution < 1.29 is 22.7 Å². The molecule has 0 aliphatic carbocycles. The van der Waals surface area contributed by atoms with E-state index in [4.69, 9.17) is 21.6 Å². The fraction of sp³-hybridized carbons (Fsp3) is 0.389. The summed E-state index contributed by atoms with van der Waals surface area (Å²) in [5, 5.41) is 2.70. The molecule has 0 spiro atoms. The van der Waals surface area contributed by atoms with Crippen LogP contribution >= 0.6 is 0 Å². The molecule has 1 rings (SSSR count). The third-order valence-corrected chi connectivity index (χ3v) is 4.83. The van der Waals surface area contributed by atoms with Crippen molar-refractivity contribution in [1.29, 1.82) is 0 Å². The molecule has 8 nitrogen and oxygen atoms in total. The van der Waals surface area contributed by atoms with E-state index in [0.29, 0.717) is 12.2 Å². The number of hydrogen-bond donors (Lipinski definition) is 3. The molecule has 4 N–H and O–H groups in total. The van der Waals surface area contributed by atoms with Gasteiger partial charge in [-0.15, -0.1) is 6.42 Å². The lowest BCUT2D eigenvalue weighted by Gasteiger charge is -2.15. The normalized spacial score (nSPS) is 12.4. The van der Waals surface area contributed by atoms with Gasteiger partial charge >= 0.3 is 0 Å². The Morgan fingerprint density at radius 2 is 2.22 bits per heavy atom. The van der Waals surface area contributed by atoms with Crippen LogP contribution in [0.25, 0.3) is 0 Å². The van der Waals surface area contributed by atoms with Crippen LogP contribution in [-0.2, 0) is 19.6 Å². The summed E-state index contributed by atoms with van der Waals surface area (Å²) >= 11 is 0. The van der Waals surface area contributed by atoms with Crippen LogP contribution in [0.5, 0.6) is 5.75 Å². The van der Waals surface area contributed by atoms with Crippen molar-refractivity contribution in [1.82, 2.24) is 10.0 Å². The molecule has 0 saturated heterocycles. The zero-order chi connectivity index (χ0) is 20.1. The number of carbonyl (C=O) groups is 1. The number of terminal acetylenes is 1. The van der Waals surface area contributed by atoms with Crippen molar-refractivity contribution in [3.05, 3.63) is 42.1 Å². The van der Waals surface area contributed by atoms with Crippen LogP contribution in [0.2, 0.25) is 0 Å². The molecule has 0 saturated carbocycles. The van der Waals surface area contributed by atoms with E-state index in [1.165, 1.54) is 6.20 Å². The van der Waals surface area contributed by atoms with E-state index in [-0.39, 0.29) is 25.7 Å². The van der Waals surface area contributed by atoms with Gasteiger partial charge in [-0.1, -0.05) is 18.1 Å². The number of nitrogens with two attached hydrogens (primary N) is 1. The zero-order valence-corrected chi connectivity index (χ0v) is 16.0. The van der Waals surface area contributed by atoms with E-state index < -0.39 is 22.0 Å². The first-order valence-electron chi connectivity index (χ1n) is 8.27. The predicted octanol–water partition coefficient (Wildman–Crippen LogP) is 0.632. The minimum atomic E-state index is -3.47. The molecule has 1 aromatic rings. The van der Waals surface area contributed by atoms with E-state index in [1.807, 2.05) is 6.07 Å². The molecule has 0 aliphatic heterocycles. The number of nitrogens with one attached hydrogen (secondary N) is 2. The molecule has 1 amide bonds.